The van der Waals surface area contributed by atoms with Crippen molar-refractivity contribution in [2.45, 2.75) is 219 Å². The van der Waals surface area contributed by atoms with E-state index in [4.69, 9.17) is 14.9 Å². The van der Waals surface area contributed by atoms with E-state index in [0.717, 1.165) is 70.6 Å². The number of rotatable bonds is 38. The molecule has 0 rings (SSSR count). The second-order valence-electron chi connectivity index (χ2n) is 14.4. The standard InChI is InChI=1S/C42H78N2O7/c1-3-5-7-9-11-13-15-16-17-18-20-23-27-31-37(51-41(48)34-30-26-21-19-14-12-10-8-6-4-2)32-28-24-22-25-29-33-39(46)43-35-40(47)44-38(36-45)42(49)50/h18,20,37-38,45H,3-17,19,21-36H2,1-2H3,(H,43,46)(H,44,47)(H,49,50)/b20-18-. The van der Waals surface area contributed by atoms with Crippen LogP contribution >= 0.6 is 0 Å². The minimum Gasteiger partial charge on any atom is -0.480 e. The highest BCUT2D eigenvalue weighted by molar-refractivity contribution is 5.87. The molecule has 9 heteroatoms. The van der Waals surface area contributed by atoms with E-state index in [1.165, 1.54) is 103 Å². The van der Waals surface area contributed by atoms with Crippen LogP contribution in [0.25, 0.3) is 0 Å². The summed E-state index contributed by atoms with van der Waals surface area (Å²) >= 11 is 0. The van der Waals surface area contributed by atoms with Gasteiger partial charge in [0, 0.05) is 12.8 Å². The SMILES string of the molecule is CCCCCCCCCC/C=C\CCCC(CCCCCCCC(=O)NCC(=O)NC(CO)C(=O)O)OC(=O)CCCCCCCCCCCC. The molecule has 0 aliphatic carbocycles. The zero-order valence-corrected chi connectivity index (χ0v) is 32.9. The van der Waals surface area contributed by atoms with E-state index in [9.17, 15) is 19.2 Å². The van der Waals surface area contributed by atoms with E-state index in [1.54, 1.807) is 0 Å². The predicted molar refractivity (Wildman–Crippen MR) is 209 cm³/mol. The van der Waals surface area contributed by atoms with Crippen molar-refractivity contribution in [3.8, 4) is 0 Å². The van der Waals surface area contributed by atoms with E-state index in [2.05, 4.69) is 36.6 Å². The van der Waals surface area contributed by atoms with Gasteiger partial charge in [0.15, 0.2) is 0 Å². The first-order valence-electron chi connectivity index (χ1n) is 21.1. The van der Waals surface area contributed by atoms with Crippen LogP contribution in [0.3, 0.4) is 0 Å². The molecule has 2 atom stereocenters. The van der Waals surface area contributed by atoms with Gasteiger partial charge >= 0.3 is 11.9 Å². The number of carboxylic acids is 1. The fourth-order valence-corrected chi connectivity index (χ4v) is 6.24. The quantitative estimate of drug-likeness (QED) is 0.0282. The van der Waals surface area contributed by atoms with Crippen LogP contribution in [-0.2, 0) is 23.9 Å². The molecule has 0 aliphatic heterocycles. The molecule has 0 saturated heterocycles. The highest BCUT2D eigenvalue weighted by Gasteiger charge is 2.19. The molecular weight excluding hydrogens is 644 g/mol. The van der Waals surface area contributed by atoms with E-state index < -0.39 is 24.5 Å². The largest absolute Gasteiger partial charge is 0.480 e. The summed E-state index contributed by atoms with van der Waals surface area (Å²) < 4.78 is 5.99. The van der Waals surface area contributed by atoms with Crippen LogP contribution in [0.5, 0.6) is 0 Å². The van der Waals surface area contributed by atoms with Gasteiger partial charge in [0.1, 0.15) is 12.1 Å². The number of hydrogen-bond donors (Lipinski definition) is 4. The number of amides is 2. The summed E-state index contributed by atoms with van der Waals surface area (Å²) in [5.74, 6) is -2.30. The summed E-state index contributed by atoms with van der Waals surface area (Å²) in [5.41, 5.74) is 0. The summed E-state index contributed by atoms with van der Waals surface area (Å²) in [7, 11) is 0. The van der Waals surface area contributed by atoms with Gasteiger partial charge in [-0.15, -0.1) is 0 Å². The van der Waals surface area contributed by atoms with Crippen molar-refractivity contribution in [1.29, 1.82) is 0 Å². The van der Waals surface area contributed by atoms with Crippen molar-refractivity contribution in [2.24, 2.45) is 0 Å². The molecule has 51 heavy (non-hydrogen) atoms. The maximum atomic E-state index is 12.7. The van der Waals surface area contributed by atoms with Crippen LogP contribution in [0, 0.1) is 0 Å². The van der Waals surface area contributed by atoms with Gasteiger partial charge in [-0.05, 0) is 57.8 Å². The smallest absolute Gasteiger partial charge is 0.328 e. The van der Waals surface area contributed by atoms with Gasteiger partial charge in [-0.1, -0.05) is 148 Å². The molecule has 0 aromatic rings. The molecule has 0 aromatic heterocycles. The average Bonchev–Trinajstić information content (AvgIpc) is 3.11. The Morgan fingerprint density at radius 3 is 1.55 bits per heavy atom. The van der Waals surface area contributed by atoms with Crippen LogP contribution in [0.15, 0.2) is 12.2 Å². The predicted octanol–water partition coefficient (Wildman–Crippen LogP) is 9.88. The minimum absolute atomic E-state index is 0.0368. The highest BCUT2D eigenvalue weighted by atomic mass is 16.5. The number of carbonyl (C=O) groups excluding carboxylic acids is 3. The van der Waals surface area contributed by atoms with E-state index in [-0.39, 0.29) is 24.5 Å². The second kappa shape index (κ2) is 37.3. The lowest BCUT2D eigenvalue weighted by atomic mass is 10.0. The Labute approximate surface area is 311 Å². The number of carboxylic acid groups (broad SMARTS) is 1. The number of aliphatic carboxylic acids is 1. The van der Waals surface area contributed by atoms with Crippen molar-refractivity contribution in [3.05, 3.63) is 12.2 Å². The molecule has 2 amide bonds. The summed E-state index contributed by atoms with van der Waals surface area (Å²) in [6.45, 7) is 3.47. The van der Waals surface area contributed by atoms with Crippen molar-refractivity contribution in [2.75, 3.05) is 13.2 Å². The molecule has 0 aliphatic rings. The van der Waals surface area contributed by atoms with E-state index in [1.807, 2.05) is 0 Å². The van der Waals surface area contributed by atoms with Crippen molar-refractivity contribution >= 4 is 23.8 Å². The number of hydrogen-bond acceptors (Lipinski definition) is 6. The number of esters is 1. The van der Waals surface area contributed by atoms with Crippen LogP contribution < -0.4 is 10.6 Å². The van der Waals surface area contributed by atoms with Crippen LogP contribution in [0.1, 0.15) is 206 Å². The Bertz CT molecular complexity index is 879. The fourth-order valence-electron chi connectivity index (χ4n) is 6.24. The number of ether oxygens (including phenoxy) is 1. The molecule has 0 saturated carbocycles. The Balaban J connectivity index is 4.33. The molecule has 2 unspecified atom stereocenters. The topological polar surface area (TPSA) is 142 Å². The lowest BCUT2D eigenvalue weighted by Crippen LogP contribution is -2.47. The Hall–Kier alpha value is -2.42. The van der Waals surface area contributed by atoms with Crippen molar-refractivity contribution in [1.82, 2.24) is 10.6 Å². The zero-order chi connectivity index (χ0) is 37.6. The number of nitrogens with one attached hydrogen (secondary N) is 2. The van der Waals surface area contributed by atoms with Crippen LogP contribution in [-0.4, -0.2) is 59.3 Å². The van der Waals surface area contributed by atoms with Crippen LogP contribution in [0.4, 0.5) is 0 Å². The molecule has 298 valence electrons. The van der Waals surface area contributed by atoms with Gasteiger partial charge in [0.2, 0.25) is 11.8 Å². The summed E-state index contributed by atoms with van der Waals surface area (Å²) in [4.78, 5) is 47.4. The van der Waals surface area contributed by atoms with Gasteiger partial charge in [0.25, 0.3) is 0 Å². The Morgan fingerprint density at radius 1 is 0.569 bits per heavy atom. The van der Waals surface area contributed by atoms with Gasteiger partial charge in [0.05, 0.1) is 13.2 Å². The van der Waals surface area contributed by atoms with E-state index >= 15 is 0 Å². The number of unbranched alkanes of at least 4 members (excludes halogenated alkanes) is 22. The number of aliphatic hydroxyl groups is 1. The normalized spacial score (nSPS) is 12.5. The zero-order valence-electron chi connectivity index (χ0n) is 32.9. The monoisotopic (exact) mass is 723 g/mol. The molecule has 0 spiro atoms. The summed E-state index contributed by atoms with van der Waals surface area (Å²) in [6, 6.07) is -1.38. The first-order valence-corrected chi connectivity index (χ1v) is 21.1. The van der Waals surface area contributed by atoms with E-state index in [0.29, 0.717) is 19.3 Å². The maximum absolute atomic E-state index is 12.7. The molecule has 0 aromatic carbocycles. The molecular formula is C42H78N2O7. The van der Waals surface area contributed by atoms with Crippen LogP contribution in [0.2, 0.25) is 0 Å². The Kier molecular flexibility index (Phi) is 35.6. The summed E-state index contributed by atoms with van der Waals surface area (Å²) in [6.07, 6.45) is 38.1. The van der Waals surface area contributed by atoms with Crippen molar-refractivity contribution < 1.29 is 34.1 Å². The van der Waals surface area contributed by atoms with Crippen molar-refractivity contribution in [3.63, 3.8) is 0 Å². The molecule has 0 heterocycles. The fraction of sp³-hybridized carbons (Fsp3) is 0.857. The molecule has 9 nitrogen and oxygen atoms in total. The number of aliphatic hydroxyl groups excluding tert-OH is 1. The number of allylic oxidation sites excluding steroid dienone is 2. The third-order valence-corrected chi connectivity index (χ3v) is 9.51. The number of carbonyl (C=O) groups is 4. The minimum atomic E-state index is -1.38. The first-order chi connectivity index (χ1) is 24.8. The lowest BCUT2D eigenvalue weighted by Gasteiger charge is -2.18. The van der Waals surface area contributed by atoms with Gasteiger partial charge < -0.3 is 25.6 Å². The molecule has 0 radical (unpaired) electrons. The Morgan fingerprint density at radius 2 is 1.02 bits per heavy atom. The average molecular weight is 723 g/mol. The highest BCUT2D eigenvalue weighted by Crippen LogP contribution is 2.18. The molecule has 0 bridgehead atoms. The maximum Gasteiger partial charge on any atom is 0.328 e. The van der Waals surface area contributed by atoms with Gasteiger partial charge in [-0.2, -0.15) is 0 Å². The summed E-state index contributed by atoms with van der Waals surface area (Å²) in [5, 5.41) is 22.5. The first kappa shape index (κ1) is 48.6. The third kappa shape index (κ3) is 34.4. The molecule has 0 fully saturated rings. The second-order valence-corrected chi connectivity index (χ2v) is 14.4. The third-order valence-electron chi connectivity index (χ3n) is 9.51. The molecule has 4 N–H and O–H groups in total. The van der Waals surface area contributed by atoms with Gasteiger partial charge in [-0.25, -0.2) is 4.79 Å². The lowest BCUT2D eigenvalue weighted by molar-refractivity contribution is -0.150. The van der Waals surface area contributed by atoms with Gasteiger partial charge in [-0.3, -0.25) is 14.4 Å².